The van der Waals surface area contributed by atoms with E-state index in [9.17, 15) is 9.18 Å². The van der Waals surface area contributed by atoms with Gasteiger partial charge in [-0.1, -0.05) is 11.6 Å². The zero-order chi connectivity index (χ0) is 20.7. The molecule has 0 unspecified atom stereocenters. The molecule has 2 aliphatic carbocycles. The molecule has 1 spiro atoms. The number of benzene rings is 1. The molecule has 4 nitrogen and oxygen atoms in total. The molecule has 0 saturated heterocycles. The van der Waals surface area contributed by atoms with Gasteiger partial charge in [0.25, 0.3) is 0 Å². The molecule has 1 N–H and O–H groups in total. The summed E-state index contributed by atoms with van der Waals surface area (Å²) in [6.45, 7) is 0. The minimum Gasteiger partial charge on any atom is -0.324 e. The molecule has 0 radical (unpaired) electrons. The van der Waals surface area contributed by atoms with E-state index in [4.69, 9.17) is 11.6 Å². The first-order valence-electron chi connectivity index (χ1n) is 10.5. The molecular weight excluding hydrogens is 401 g/mol. The number of fused-ring (bicyclic) bond motifs is 1. The average molecular weight is 424 g/mol. The monoisotopic (exact) mass is 423 g/mol. The van der Waals surface area contributed by atoms with E-state index >= 15 is 0 Å². The lowest BCUT2D eigenvalue weighted by Gasteiger charge is -2.52. The molecule has 0 aliphatic heterocycles. The maximum absolute atomic E-state index is 13.8. The number of pyridine rings is 2. The lowest BCUT2D eigenvalue weighted by Crippen LogP contribution is -2.48. The van der Waals surface area contributed by atoms with Crippen LogP contribution in [0.4, 0.5) is 10.1 Å². The zero-order valence-electron chi connectivity index (χ0n) is 16.6. The summed E-state index contributed by atoms with van der Waals surface area (Å²) in [4.78, 5) is 21.3. The molecular formula is C24H23ClFN3O. The molecule has 2 fully saturated rings. The SMILES string of the molecule is O=C(Nc1ccc(Cl)nc1)[C@H]1CCC12CCC(c1ccnc3ccc(F)cc13)CC2. The van der Waals surface area contributed by atoms with Crippen LogP contribution in [0, 0.1) is 17.2 Å². The van der Waals surface area contributed by atoms with Gasteiger partial charge in [-0.15, -0.1) is 0 Å². The number of hydrogen-bond acceptors (Lipinski definition) is 3. The number of carbonyl (C=O) groups excluding carboxylic acids is 1. The number of amides is 1. The van der Waals surface area contributed by atoms with E-state index in [-0.39, 0.29) is 23.1 Å². The minimum atomic E-state index is -0.226. The van der Waals surface area contributed by atoms with E-state index in [2.05, 4.69) is 15.3 Å². The Morgan fingerprint density at radius 1 is 1.07 bits per heavy atom. The number of hydrogen-bond donors (Lipinski definition) is 1. The number of aromatic nitrogens is 2. The fourth-order valence-corrected chi connectivity index (χ4v) is 5.49. The van der Waals surface area contributed by atoms with Gasteiger partial charge in [0.1, 0.15) is 11.0 Å². The van der Waals surface area contributed by atoms with Crippen LogP contribution in [0.1, 0.15) is 50.0 Å². The van der Waals surface area contributed by atoms with E-state index in [1.165, 1.54) is 11.6 Å². The van der Waals surface area contributed by atoms with Crippen molar-refractivity contribution in [2.24, 2.45) is 11.3 Å². The summed E-state index contributed by atoms with van der Waals surface area (Å²) in [6, 6.07) is 10.3. The number of nitrogens with zero attached hydrogens (tertiary/aromatic N) is 2. The van der Waals surface area contributed by atoms with Crippen LogP contribution < -0.4 is 5.32 Å². The van der Waals surface area contributed by atoms with Crippen LogP contribution in [0.15, 0.2) is 48.8 Å². The predicted octanol–water partition coefficient (Wildman–Crippen LogP) is 6.12. The van der Waals surface area contributed by atoms with E-state index in [0.717, 1.165) is 49.4 Å². The van der Waals surface area contributed by atoms with Gasteiger partial charge < -0.3 is 5.32 Å². The first-order valence-corrected chi connectivity index (χ1v) is 10.9. The number of halogens is 2. The predicted molar refractivity (Wildman–Crippen MR) is 116 cm³/mol. The van der Waals surface area contributed by atoms with Crippen LogP contribution in [0.2, 0.25) is 5.15 Å². The molecule has 30 heavy (non-hydrogen) atoms. The number of rotatable bonds is 3. The van der Waals surface area contributed by atoms with E-state index in [1.807, 2.05) is 12.3 Å². The lowest BCUT2D eigenvalue weighted by molar-refractivity contribution is -0.133. The zero-order valence-corrected chi connectivity index (χ0v) is 17.3. The molecule has 3 aromatic rings. The van der Waals surface area contributed by atoms with Crippen LogP contribution in [0.25, 0.3) is 10.9 Å². The summed E-state index contributed by atoms with van der Waals surface area (Å²) in [5.74, 6) is 0.283. The highest BCUT2D eigenvalue weighted by Crippen LogP contribution is 2.58. The molecule has 2 aromatic heterocycles. The fraction of sp³-hybridized carbons (Fsp3) is 0.375. The Morgan fingerprint density at radius 3 is 2.57 bits per heavy atom. The van der Waals surface area contributed by atoms with Crippen LogP contribution in [-0.4, -0.2) is 15.9 Å². The first kappa shape index (κ1) is 19.4. The highest BCUT2D eigenvalue weighted by Gasteiger charge is 2.51. The Morgan fingerprint density at radius 2 is 1.87 bits per heavy atom. The average Bonchev–Trinajstić information content (AvgIpc) is 2.74. The summed E-state index contributed by atoms with van der Waals surface area (Å²) in [7, 11) is 0. The van der Waals surface area contributed by atoms with E-state index < -0.39 is 0 Å². The molecule has 154 valence electrons. The largest absolute Gasteiger partial charge is 0.324 e. The van der Waals surface area contributed by atoms with Crippen molar-refractivity contribution < 1.29 is 9.18 Å². The van der Waals surface area contributed by atoms with Gasteiger partial charge in [0, 0.05) is 17.5 Å². The third-order valence-electron chi connectivity index (χ3n) is 7.14. The van der Waals surface area contributed by atoms with Gasteiger partial charge >= 0.3 is 0 Å². The van der Waals surface area contributed by atoms with Crippen molar-refractivity contribution in [3.8, 4) is 0 Å². The second-order valence-corrected chi connectivity index (χ2v) is 9.04. The van der Waals surface area contributed by atoms with Crippen molar-refractivity contribution in [2.45, 2.75) is 44.4 Å². The molecule has 0 bridgehead atoms. The van der Waals surface area contributed by atoms with Gasteiger partial charge in [0.2, 0.25) is 5.91 Å². The molecule has 2 heterocycles. The molecule has 1 aromatic carbocycles. The quantitative estimate of drug-likeness (QED) is 0.516. The molecule has 2 aliphatic rings. The van der Waals surface area contributed by atoms with Gasteiger partial charge in [-0.3, -0.25) is 9.78 Å². The van der Waals surface area contributed by atoms with Crippen molar-refractivity contribution in [2.75, 3.05) is 5.32 Å². The second kappa shape index (κ2) is 7.62. The Balaban J connectivity index is 1.29. The highest BCUT2D eigenvalue weighted by molar-refractivity contribution is 6.29. The molecule has 1 atom stereocenters. The Bertz CT molecular complexity index is 1090. The van der Waals surface area contributed by atoms with Gasteiger partial charge in [-0.05, 0) is 91.8 Å². The smallest absolute Gasteiger partial charge is 0.228 e. The van der Waals surface area contributed by atoms with Crippen LogP contribution >= 0.6 is 11.6 Å². The molecule has 5 rings (SSSR count). The van der Waals surface area contributed by atoms with Gasteiger partial charge in [0.15, 0.2) is 0 Å². The van der Waals surface area contributed by atoms with Gasteiger partial charge in [-0.25, -0.2) is 9.37 Å². The summed E-state index contributed by atoms with van der Waals surface area (Å²) < 4.78 is 13.8. The molecule has 2 saturated carbocycles. The van der Waals surface area contributed by atoms with Crippen LogP contribution in [0.5, 0.6) is 0 Å². The van der Waals surface area contributed by atoms with Crippen molar-refractivity contribution in [3.63, 3.8) is 0 Å². The van der Waals surface area contributed by atoms with Crippen molar-refractivity contribution in [1.29, 1.82) is 0 Å². The van der Waals surface area contributed by atoms with Crippen molar-refractivity contribution >= 4 is 34.1 Å². The van der Waals surface area contributed by atoms with E-state index in [0.29, 0.717) is 16.8 Å². The van der Waals surface area contributed by atoms with Crippen molar-refractivity contribution in [1.82, 2.24) is 9.97 Å². The van der Waals surface area contributed by atoms with Crippen LogP contribution in [0.3, 0.4) is 0 Å². The van der Waals surface area contributed by atoms with E-state index in [1.54, 1.807) is 30.5 Å². The summed E-state index contributed by atoms with van der Waals surface area (Å²) in [5, 5.41) is 4.33. The van der Waals surface area contributed by atoms with Gasteiger partial charge in [-0.2, -0.15) is 0 Å². The standard InChI is InChI=1S/C24H23ClFN3O/c25-22-4-2-17(14-28-22)29-23(30)20-7-11-24(20)9-5-15(6-10-24)18-8-12-27-21-3-1-16(26)13-19(18)21/h1-4,8,12-15,20H,5-7,9-11H2,(H,29,30)/t15?,20-,24?/m1/s1. The highest BCUT2D eigenvalue weighted by atomic mass is 35.5. The lowest BCUT2D eigenvalue weighted by atomic mass is 9.52. The first-order chi connectivity index (χ1) is 14.5. The Hall–Kier alpha value is -2.53. The fourth-order valence-electron chi connectivity index (χ4n) is 5.38. The third-order valence-corrected chi connectivity index (χ3v) is 7.36. The number of anilines is 1. The normalized spacial score (nSPS) is 25.8. The summed E-state index contributed by atoms with van der Waals surface area (Å²) in [5.41, 5.74) is 2.80. The maximum Gasteiger partial charge on any atom is 0.228 e. The molecule has 6 heteroatoms. The Labute approximate surface area is 179 Å². The van der Waals surface area contributed by atoms with Crippen LogP contribution in [-0.2, 0) is 4.79 Å². The summed E-state index contributed by atoms with van der Waals surface area (Å²) in [6.07, 6.45) is 9.52. The van der Waals surface area contributed by atoms with Crippen molar-refractivity contribution in [3.05, 3.63) is 65.3 Å². The topological polar surface area (TPSA) is 54.9 Å². The maximum atomic E-state index is 13.8. The number of nitrogens with one attached hydrogen (secondary N) is 1. The third kappa shape index (κ3) is 3.45. The summed E-state index contributed by atoms with van der Waals surface area (Å²) >= 11 is 5.83. The van der Waals surface area contributed by atoms with Gasteiger partial charge in [0.05, 0.1) is 17.4 Å². The molecule has 1 amide bonds. The Kier molecular flexibility index (Phi) is 4.94. The second-order valence-electron chi connectivity index (χ2n) is 8.65. The minimum absolute atomic E-state index is 0.0424. The number of carbonyl (C=O) groups is 1.